The minimum atomic E-state index is -0.0300. The van der Waals surface area contributed by atoms with E-state index in [0.717, 1.165) is 11.3 Å². The summed E-state index contributed by atoms with van der Waals surface area (Å²) in [5.74, 6) is 0.845. The topological polar surface area (TPSA) is 55.6 Å². The van der Waals surface area contributed by atoms with Crippen molar-refractivity contribution in [3.8, 4) is 5.75 Å². The van der Waals surface area contributed by atoms with Gasteiger partial charge in [-0.15, -0.1) is 0 Å². The third-order valence-corrected chi connectivity index (χ3v) is 3.43. The third-order valence-electron chi connectivity index (χ3n) is 3.43. The van der Waals surface area contributed by atoms with Crippen molar-refractivity contribution in [3.05, 3.63) is 29.3 Å². The van der Waals surface area contributed by atoms with Crippen molar-refractivity contribution < 1.29 is 9.53 Å². The van der Waals surface area contributed by atoms with Gasteiger partial charge in [0.2, 0.25) is 5.91 Å². The fourth-order valence-corrected chi connectivity index (χ4v) is 2.20. The number of hydrogen-bond donors (Lipinski definition) is 1. The highest BCUT2D eigenvalue weighted by atomic mass is 16.5. The van der Waals surface area contributed by atoms with E-state index in [1.165, 1.54) is 5.56 Å². The lowest BCUT2D eigenvalue weighted by Gasteiger charge is -2.22. The van der Waals surface area contributed by atoms with Crippen LogP contribution in [0.25, 0.3) is 0 Å². The molecule has 0 unspecified atom stereocenters. The number of fused-ring (bicyclic) bond motifs is 1. The molecule has 1 aromatic rings. The summed E-state index contributed by atoms with van der Waals surface area (Å²) in [5, 5.41) is 0. The second kappa shape index (κ2) is 5.21. The van der Waals surface area contributed by atoms with Crippen LogP contribution in [0.3, 0.4) is 0 Å². The van der Waals surface area contributed by atoms with Gasteiger partial charge in [0.15, 0.2) is 0 Å². The van der Waals surface area contributed by atoms with Gasteiger partial charge in [-0.1, -0.05) is 26.8 Å². The van der Waals surface area contributed by atoms with Gasteiger partial charge in [-0.05, 0) is 23.1 Å². The van der Waals surface area contributed by atoms with Gasteiger partial charge in [0, 0.05) is 12.1 Å². The second-order valence-electron chi connectivity index (χ2n) is 5.94. The highest BCUT2D eigenvalue weighted by Gasteiger charge is 2.21. The molecular formula is C15H22N2O2. The Morgan fingerprint density at radius 3 is 2.79 bits per heavy atom. The Morgan fingerprint density at radius 2 is 2.16 bits per heavy atom. The highest BCUT2D eigenvalue weighted by molar-refractivity contribution is 5.78. The molecule has 1 heterocycles. The monoisotopic (exact) mass is 262 g/mol. The lowest BCUT2D eigenvalue weighted by molar-refractivity contribution is -0.130. The van der Waals surface area contributed by atoms with E-state index in [9.17, 15) is 4.79 Å². The highest BCUT2D eigenvalue weighted by Crippen LogP contribution is 2.30. The lowest BCUT2D eigenvalue weighted by atomic mass is 9.86. The van der Waals surface area contributed by atoms with Crippen molar-refractivity contribution in [2.75, 3.05) is 19.7 Å². The van der Waals surface area contributed by atoms with E-state index in [1.54, 1.807) is 4.90 Å². The first-order chi connectivity index (χ1) is 8.91. The Hall–Kier alpha value is -1.55. The summed E-state index contributed by atoms with van der Waals surface area (Å²) in [4.78, 5) is 13.5. The standard InChI is InChI=1S/C15H22N2O2/c1-15(2,3)12-4-5-13-11(8-12)10-17(6-7-19-13)14(18)9-16/h4-5,8H,6-7,9-10,16H2,1-3H3. The van der Waals surface area contributed by atoms with Gasteiger partial charge in [0.25, 0.3) is 0 Å². The number of benzene rings is 1. The average molecular weight is 262 g/mol. The van der Waals surface area contributed by atoms with Crippen LogP contribution in [0, 0.1) is 0 Å². The van der Waals surface area contributed by atoms with Crippen LogP contribution >= 0.6 is 0 Å². The first-order valence-corrected chi connectivity index (χ1v) is 6.66. The van der Waals surface area contributed by atoms with Crippen LogP contribution in [0.1, 0.15) is 31.9 Å². The summed E-state index contributed by atoms with van der Waals surface area (Å²) in [6.07, 6.45) is 0. The Balaban J connectivity index is 2.32. The molecule has 1 aromatic carbocycles. The number of nitrogens with two attached hydrogens (primary N) is 1. The maximum atomic E-state index is 11.8. The Bertz CT molecular complexity index is 478. The van der Waals surface area contributed by atoms with Crippen LogP contribution in [-0.4, -0.2) is 30.5 Å². The van der Waals surface area contributed by atoms with Crippen LogP contribution in [0.4, 0.5) is 0 Å². The fourth-order valence-electron chi connectivity index (χ4n) is 2.20. The molecule has 1 aliphatic rings. The van der Waals surface area contributed by atoms with Crippen LogP contribution in [0.15, 0.2) is 18.2 Å². The van der Waals surface area contributed by atoms with Crippen LogP contribution < -0.4 is 10.5 Å². The van der Waals surface area contributed by atoms with Gasteiger partial charge in [0.1, 0.15) is 12.4 Å². The van der Waals surface area contributed by atoms with Gasteiger partial charge < -0.3 is 15.4 Å². The number of rotatable bonds is 1. The van der Waals surface area contributed by atoms with Crippen molar-refractivity contribution in [1.29, 1.82) is 0 Å². The summed E-state index contributed by atoms with van der Waals surface area (Å²) < 4.78 is 5.71. The molecule has 0 aliphatic carbocycles. The molecule has 4 nitrogen and oxygen atoms in total. The lowest BCUT2D eigenvalue weighted by Crippen LogP contribution is -2.36. The number of amides is 1. The molecule has 0 radical (unpaired) electrons. The van der Waals surface area contributed by atoms with E-state index >= 15 is 0 Å². The van der Waals surface area contributed by atoms with Gasteiger partial charge in [-0.2, -0.15) is 0 Å². The fraction of sp³-hybridized carbons (Fsp3) is 0.533. The maximum Gasteiger partial charge on any atom is 0.236 e. The zero-order valence-corrected chi connectivity index (χ0v) is 11.9. The van der Waals surface area contributed by atoms with Gasteiger partial charge >= 0.3 is 0 Å². The molecule has 104 valence electrons. The molecule has 1 aliphatic heterocycles. The quantitative estimate of drug-likeness (QED) is 0.837. The smallest absolute Gasteiger partial charge is 0.236 e. The summed E-state index contributed by atoms with van der Waals surface area (Å²) in [5.41, 5.74) is 7.84. The average Bonchev–Trinajstić information content (AvgIpc) is 2.57. The Kier molecular flexibility index (Phi) is 3.80. The molecule has 0 aromatic heterocycles. The van der Waals surface area contributed by atoms with Crippen molar-refractivity contribution >= 4 is 5.91 Å². The largest absolute Gasteiger partial charge is 0.491 e. The molecule has 0 fully saturated rings. The molecule has 4 heteroatoms. The number of nitrogens with zero attached hydrogens (tertiary/aromatic N) is 1. The van der Waals surface area contributed by atoms with E-state index < -0.39 is 0 Å². The van der Waals surface area contributed by atoms with Crippen molar-refractivity contribution in [2.45, 2.75) is 32.7 Å². The van der Waals surface area contributed by atoms with Crippen LogP contribution in [-0.2, 0) is 16.8 Å². The molecule has 0 bridgehead atoms. The normalized spacial score (nSPS) is 15.5. The van der Waals surface area contributed by atoms with Crippen LogP contribution in [0.2, 0.25) is 0 Å². The van der Waals surface area contributed by atoms with Gasteiger partial charge in [0.05, 0.1) is 13.1 Å². The van der Waals surface area contributed by atoms with Crippen molar-refractivity contribution in [3.63, 3.8) is 0 Å². The van der Waals surface area contributed by atoms with E-state index in [1.807, 2.05) is 6.07 Å². The summed E-state index contributed by atoms with van der Waals surface area (Å²) >= 11 is 0. The molecule has 19 heavy (non-hydrogen) atoms. The van der Waals surface area contributed by atoms with Crippen LogP contribution in [0.5, 0.6) is 5.75 Å². The number of ether oxygens (including phenoxy) is 1. The molecular weight excluding hydrogens is 240 g/mol. The number of hydrogen-bond acceptors (Lipinski definition) is 3. The second-order valence-corrected chi connectivity index (χ2v) is 5.94. The summed E-state index contributed by atoms with van der Waals surface area (Å²) in [6.45, 7) is 8.27. The predicted molar refractivity (Wildman–Crippen MR) is 75.1 cm³/mol. The molecule has 0 spiro atoms. The Morgan fingerprint density at radius 1 is 1.42 bits per heavy atom. The summed E-state index contributed by atoms with van der Waals surface area (Å²) in [6, 6.07) is 6.24. The predicted octanol–water partition coefficient (Wildman–Crippen LogP) is 1.66. The molecule has 0 atom stereocenters. The number of carbonyl (C=O) groups is 1. The zero-order valence-electron chi connectivity index (χ0n) is 11.9. The molecule has 2 rings (SSSR count). The maximum absolute atomic E-state index is 11.8. The molecule has 0 saturated heterocycles. The van der Waals surface area contributed by atoms with E-state index in [2.05, 4.69) is 32.9 Å². The summed E-state index contributed by atoms with van der Waals surface area (Å²) in [7, 11) is 0. The minimum Gasteiger partial charge on any atom is -0.491 e. The van der Waals surface area contributed by atoms with Crippen molar-refractivity contribution in [1.82, 2.24) is 4.90 Å². The van der Waals surface area contributed by atoms with E-state index in [4.69, 9.17) is 10.5 Å². The number of carbonyl (C=O) groups excluding carboxylic acids is 1. The first-order valence-electron chi connectivity index (χ1n) is 6.66. The third kappa shape index (κ3) is 3.07. The minimum absolute atomic E-state index is 0.0300. The van der Waals surface area contributed by atoms with Gasteiger partial charge in [-0.25, -0.2) is 0 Å². The molecule has 1 amide bonds. The molecule has 0 saturated carbocycles. The van der Waals surface area contributed by atoms with E-state index in [0.29, 0.717) is 19.7 Å². The first kappa shape index (κ1) is 13.9. The molecule has 2 N–H and O–H groups in total. The zero-order chi connectivity index (χ0) is 14.0. The van der Waals surface area contributed by atoms with E-state index in [-0.39, 0.29) is 17.9 Å². The SMILES string of the molecule is CC(C)(C)c1ccc2c(c1)CN(C(=O)CN)CCO2. The van der Waals surface area contributed by atoms with Crippen molar-refractivity contribution in [2.24, 2.45) is 5.73 Å². The Labute approximate surface area is 114 Å². The van der Waals surface area contributed by atoms with Gasteiger partial charge in [-0.3, -0.25) is 4.79 Å².